The van der Waals surface area contributed by atoms with Crippen LogP contribution >= 0.6 is 11.6 Å². The van der Waals surface area contributed by atoms with Crippen molar-refractivity contribution in [1.82, 2.24) is 5.32 Å². The number of hydrogen-bond donors (Lipinski definition) is 2. The van der Waals surface area contributed by atoms with Crippen LogP contribution in [0.25, 0.3) is 0 Å². The largest absolute Gasteiger partial charge is 0.347 e. The standard InChI is InChI=1S/C19H17ClN4O4S/c20-16-11-15(6-5-14(16)12-21)23-19(26)18(25)22-8-10-29(27,28)24-9-7-13-3-1-2-4-17(13)24/h1-6,11H,7-10H2,(H,22,25)(H,23,26). The highest BCUT2D eigenvalue weighted by atomic mass is 35.5. The van der Waals surface area contributed by atoms with Crippen LogP contribution in [0.2, 0.25) is 5.02 Å². The van der Waals surface area contributed by atoms with Crippen molar-refractivity contribution < 1.29 is 18.0 Å². The predicted molar refractivity (Wildman–Crippen MR) is 109 cm³/mol. The third kappa shape index (κ3) is 4.67. The molecule has 0 fully saturated rings. The van der Waals surface area contributed by atoms with Crippen LogP contribution in [0.15, 0.2) is 42.5 Å². The Bertz CT molecular complexity index is 1110. The minimum atomic E-state index is -3.63. The first-order valence-electron chi connectivity index (χ1n) is 8.69. The number of sulfonamides is 1. The number of fused-ring (bicyclic) bond motifs is 1. The lowest BCUT2D eigenvalue weighted by atomic mass is 10.2. The first-order valence-corrected chi connectivity index (χ1v) is 10.7. The predicted octanol–water partition coefficient (Wildman–Crippen LogP) is 1.66. The number of amides is 2. The van der Waals surface area contributed by atoms with E-state index in [1.807, 2.05) is 18.2 Å². The van der Waals surface area contributed by atoms with E-state index in [-0.39, 0.29) is 28.6 Å². The molecule has 1 aliphatic rings. The molecule has 8 nitrogen and oxygen atoms in total. The molecule has 150 valence electrons. The molecule has 0 unspecified atom stereocenters. The molecule has 10 heteroatoms. The van der Waals surface area contributed by atoms with Crippen LogP contribution in [0.3, 0.4) is 0 Å². The van der Waals surface area contributed by atoms with Crippen molar-refractivity contribution in [2.24, 2.45) is 0 Å². The fourth-order valence-corrected chi connectivity index (χ4v) is 4.60. The van der Waals surface area contributed by atoms with Crippen LogP contribution < -0.4 is 14.9 Å². The van der Waals surface area contributed by atoms with Gasteiger partial charge in [-0.05, 0) is 36.2 Å². The van der Waals surface area contributed by atoms with E-state index >= 15 is 0 Å². The van der Waals surface area contributed by atoms with Gasteiger partial charge in [0, 0.05) is 18.8 Å². The smallest absolute Gasteiger partial charge is 0.313 e. The summed E-state index contributed by atoms with van der Waals surface area (Å²) in [6, 6.07) is 13.3. The molecule has 0 bridgehead atoms. The summed E-state index contributed by atoms with van der Waals surface area (Å²) in [5, 5.41) is 13.6. The zero-order valence-corrected chi connectivity index (χ0v) is 16.8. The number of benzene rings is 2. The molecular weight excluding hydrogens is 416 g/mol. The maximum atomic E-state index is 12.6. The number of nitrogens with zero attached hydrogens (tertiary/aromatic N) is 2. The van der Waals surface area contributed by atoms with Crippen LogP contribution in [0, 0.1) is 11.3 Å². The molecule has 0 atom stereocenters. The van der Waals surface area contributed by atoms with E-state index in [1.165, 1.54) is 22.5 Å². The number of halogens is 1. The highest BCUT2D eigenvalue weighted by molar-refractivity contribution is 7.92. The SMILES string of the molecule is N#Cc1ccc(NC(=O)C(=O)NCCS(=O)(=O)N2CCc3ccccc32)cc1Cl. The van der Waals surface area contributed by atoms with Gasteiger partial charge in [0.2, 0.25) is 10.0 Å². The van der Waals surface area contributed by atoms with Crippen molar-refractivity contribution in [2.75, 3.05) is 28.5 Å². The quantitative estimate of drug-likeness (QED) is 0.696. The molecule has 1 heterocycles. The van der Waals surface area contributed by atoms with E-state index < -0.39 is 21.8 Å². The highest BCUT2D eigenvalue weighted by Gasteiger charge is 2.29. The van der Waals surface area contributed by atoms with Crippen molar-refractivity contribution in [1.29, 1.82) is 5.26 Å². The normalized spacial score (nSPS) is 12.8. The zero-order chi connectivity index (χ0) is 21.0. The maximum Gasteiger partial charge on any atom is 0.313 e. The van der Waals surface area contributed by atoms with E-state index in [9.17, 15) is 18.0 Å². The minimum Gasteiger partial charge on any atom is -0.347 e. The van der Waals surface area contributed by atoms with Gasteiger partial charge >= 0.3 is 11.8 Å². The average Bonchev–Trinajstić information content (AvgIpc) is 3.13. The summed E-state index contributed by atoms with van der Waals surface area (Å²) < 4.78 is 26.5. The van der Waals surface area contributed by atoms with Crippen LogP contribution in [-0.4, -0.2) is 39.1 Å². The molecule has 2 aromatic rings. The molecule has 1 aliphatic heterocycles. The molecule has 2 N–H and O–H groups in total. The number of nitrogens with one attached hydrogen (secondary N) is 2. The lowest BCUT2D eigenvalue weighted by Crippen LogP contribution is -2.40. The molecule has 29 heavy (non-hydrogen) atoms. The van der Waals surface area contributed by atoms with Gasteiger partial charge < -0.3 is 10.6 Å². The summed E-state index contributed by atoms with van der Waals surface area (Å²) in [5.41, 5.74) is 2.09. The Morgan fingerprint density at radius 1 is 1.17 bits per heavy atom. The molecule has 2 aromatic carbocycles. The summed E-state index contributed by atoms with van der Waals surface area (Å²) in [6.45, 7) is 0.150. The number of nitriles is 1. The summed E-state index contributed by atoms with van der Waals surface area (Å²) in [4.78, 5) is 23.9. The van der Waals surface area contributed by atoms with Crippen molar-refractivity contribution >= 4 is 44.8 Å². The van der Waals surface area contributed by atoms with E-state index in [4.69, 9.17) is 16.9 Å². The van der Waals surface area contributed by atoms with Crippen molar-refractivity contribution in [3.63, 3.8) is 0 Å². The van der Waals surface area contributed by atoms with Crippen LogP contribution in [0.4, 0.5) is 11.4 Å². The summed E-state index contributed by atoms with van der Waals surface area (Å²) in [7, 11) is -3.63. The van der Waals surface area contributed by atoms with E-state index in [1.54, 1.807) is 12.1 Å². The van der Waals surface area contributed by atoms with E-state index in [0.29, 0.717) is 18.7 Å². The van der Waals surface area contributed by atoms with Crippen molar-refractivity contribution in [3.05, 3.63) is 58.6 Å². The van der Waals surface area contributed by atoms with Gasteiger partial charge in [-0.1, -0.05) is 29.8 Å². The number of carbonyl (C=O) groups excluding carboxylic acids is 2. The fourth-order valence-electron chi connectivity index (χ4n) is 2.95. The monoisotopic (exact) mass is 432 g/mol. The lowest BCUT2D eigenvalue weighted by molar-refractivity contribution is -0.136. The van der Waals surface area contributed by atoms with Gasteiger partial charge in [0.1, 0.15) is 6.07 Å². The third-order valence-corrected chi connectivity index (χ3v) is 6.46. The Balaban J connectivity index is 1.53. The number of hydrogen-bond acceptors (Lipinski definition) is 5. The van der Waals surface area contributed by atoms with Crippen molar-refractivity contribution in [3.8, 4) is 6.07 Å². The molecule has 0 spiro atoms. The topological polar surface area (TPSA) is 119 Å². The maximum absolute atomic E-state index is 12.6. The van der Waals surface area contributed by atoms with Gasteiger partial charge in [-0.25, -0.2) is 8.42 Å². The van der Waals surface area contributed by atoms with Gasteiger partial charge in [0.05, 0.1) is 22.0 Å². The molecule has 2 amide bonds. The zero-order valence-electron chi connectivity index (χ0n) is 15.2. The Hall–Kier alpha value is -3.09. The number of para-hydroxylation sites is 1. The second-order valence-corrected chi connectivity index (χ2v) is 8.70. The minimum absolute atomic E-state index is 0.141. The Morgan fingerprint density at radius 3 is 2.66 bits per heavy atom. The third-order valence-electron chi connectivity index (χ3n) is 4.38. The Labute approximate surface area is 173 Å². The molecule has 0 saturated carbocycles. The molecule has 0 aromatic heterocycles. The van der Waals surface area contributed by atoms with E-state index in [0.717, 1.165) is 5.56 Å². The summed E-state index contributed by atoms with van der Waals surface area (Å²) >= 11 is 5.88. The van der Waals surface area contributed by atoms with E-state index in [2.05, 4.69) is 10.6 Å². The Kier molecular flexibility index (Phi) is 6.06. The second kappa shape index (κ2) is 8.51. The number of rotatable bonds is 5. The van der Waals surface area contributed by atoms with Crippen LogP contribution in [0.5, 0.6) is 0 Å². The average molecular weight is 433 g/mol. The van der Waals surface area contributed by atoms with Gasteiger partial charge in [-0.15, -0.1) is 0 Å². The molecular formula is C19H17ClN4O4S. The van der Waals surface area contributed by atoms with Crippen molar-refractivity contribution in [2.45, 2.75) is 6.42 Å². The number of carbonyl (C=O) groups is 2. The summed E-state index contributed by atoms with van der Waals surface area (Å²) in [6.07, 6.45) is 0.636. The first kappa shape index (κ1) is 20.6. The molecule has 0 radical (unpaired) electrons. The molecule has 0 saturated heterocycles. The highest BCUT2D eigenvalue weighted by Crippen LogP contribution is 2.29. The Morgan fingerprint density at radius 2 is 1.93 bits per heavy atom. The second-order valence-electron chi connectivity index (χ2n) is 6.28. The first-order chi connectivity index (χ1) is 13.8. The molecule has 0 aliphatic carbocycles. The fraction of sp³-hybridized carbons (Fsp3) is 0.211. The summed E-state index contributed by atoms with van der Waals surface area (Å²) in [5.74, 6) is -2.26. The van der Waals surface area contributed by atoms with Crippen LogP contribution in [0.1, 0.15) is 11.1 Å². The number of anilines is 2. The lowest BCUT2D eigenvalue weighted by Gasteiger charge is -2.19. The van der Waals surface area contributed by atoms with Gasteiger partial charge in [-0.2, -0.15) is 5.26 Å². The van der Waals surface area contributed by atoms with Gasteiger partial charge in [0.25, 0.3) is 0 Å². The molecule has 3 rings (SSSR count). The van der Waals surface area contributed by atoms with Gasteiger partial charge in [-0.3, -0.25) is 13.9 Å². The van der Waals surface area contributed by atoms with Gasteiger partial charge in [0.15, 0.2) is 0 Å². The van der Waals surface area contributed by atoms with Crippen LogP contribution in [-0.2, 0) is 26.0 Å².